The fraction of sp³-hybridized carbons (Fsp3) is 0.231. The molecule has 0 radical (unpaired) electrons. The average molecular weight is 249 g/mol. The molecule has 88 valence electrons. The fourth-order valence-corrected chi connectivity index (χ4v) is 2.23. The number of nitrogens with zero attached hydrogens (tertiary/aromatic N) is 2. The highest BCUT2D eigenvalue weighted by Crippen LogP contribution is 2.21. The minimum Gasteiger partial charge on any atom is -0.291 e. The van der Waals surface area contributed by atoms with Gasteiger partial charge in [0.15, 0.2) is 0 Å². The lowest BCUT2D eigenvalue weighted by atomic mass is 10.1. The van der Waals surface area contributed by atoms with E-state index in [1.165, 1.54) is 0 Å². The largest absolute Gasteiger partial charge is 0.348 e. The number of halogens is 1. The Kier molecular flexibility index (Phi) is 3.29. The van der Waals surface area contributed by atoms with Crippen molar-refractivity contribution in [2.75, 3.05) is 0 Å². The van der Waals surface area contributed by atoms with Gasteiger partial charge in [0.05, 0.1) is 5.52 Å². The van der Waals surface area contributed by atoms with Crippen LogP contribution in [0.25, 0.3) is 10.9 Å². The number of aryl methyl sites for hydroxylation is 2. The molecule has 1 heterocycles. The van der Waals surface area contributed by atoms with Crippen molar-refractivity contribution in [2.45, 2.75) is 19.9 Å². The molecule has 0 aliphatic heterocycles. The van der Waals surface area contributed by atoms with Crippen molar-refractivity contribution in [3.63, 3.8) is 0 Å². The van der Waals surface area contributed by atoms with E-state index in [1.54, 1.807) is 16.8 Å². The van der Waals surface area contributed by atoms with Crippen molar-refractivity contribution in [1.29, 1.82) is 0 Å². The third kappa shape index (κ3) is 2.24. The molecule has 17 heavy (non-hydrogen) atoms. The summed E-state index contributed by atoms with van der Waals surface area (Å²) in [5.41, 5.74) is 1.65. The zero-order valence-electron chi connectivity index (χ0n) is 9.61. The maximum absolute atomic E-state index is 11.8. The lowest BCUT2D eigenvalue weighted by Crippen LogP contribution is -2.23. The van der Waals surface area contributed by atoms with Crippen LogP contribution in [0.3, 0.4) is 0 Å². The fourth-order valence-electron chi connectivity index (χ4n) is 1.95. The van der Waals surface area contributed by atoms with Crippen molar-refractivity contribution in [2.24, 2.45) is 0 Å². The predicted molar refractivity (Wildman–Crippen MR) is 70.6 cm³/mol. The summed E-state index contributed by atoms with van der Waals surface area (Å²) >= 11 is 5.99. The van der Waals surface area contributed by atoms with Crippen molar-refractivity contribution in [3.8, 4) is 0 Å². The van der Waals surface area contributed by atoms with Crippen LogP contribution >= 0.6 is 11.6 Å². The van der Waals surface area contributed by atoms with Gasteiger partial charge < -0.3 is 0 Å². The zero-order chi connectivity index (χ0) is 12.4. The molecular formula is C13H13ClN2O. The normalized spacial score (nSPS) is 10.7. The molecule has 1 aromatic heterocycles. The molecule has 0 aliphatic carbocycles. The summed E-state index contributed by atoms with van der Waals surface area (Å²) in [7, 11) is 0. The van der Waals surface area contributed by atoms with Crippen molar-refractivity contribution in [3.05, 3.63) is 52.1 Å². The highest BCUT2D eigenvalue weighted by molar-refractivity contribution is 6.31. The van der Waals surface area contributed by atoms with Gasteiger partial charge in [-0.2, -0.15) is 0 Å². The van der Waals surface area contributed by atoms with Gasteiger partial charge in [0.1, 0.15) is 0 Å². The molecule has 0 aliphatic rings. The number of hydrogen-bond acceptors (Lipinski definition) is 2. The molecule has 2 rings (SSSR count). The van der Waals surface area contributed by atoms with Gasteiger partial charge in [0.2, 0.25) is 0 Å². The molecule has 0 N–H and O–H groups in total. The molecule has 0 bridgehead atoms. The molecule has 0 atom stereocenters. The molecular weight excluding hydrogens is 236 g/mol. The van der Waals surface area contributed by atoms with Crippen molar-refractivity contribution in [1.82, 2.24) is 9.55 Å². The summed E-state index contributed by atoms with van der Waals surface area (Å²) in [6, 6.07) is 3.68. The summed E-state index contributed by atoms with van der Waals surface area (Å²) in [5.74, 6) is 0. The van der Waals surface area contributed by atoms with Crippen LogP contribution in [-0.4, -0.2) is 9.55 Å². The van der Waals surface area contributed by atoms with Crippen LogP contribution in [0.15, 0.2) is 35.8 Å². The van der Waals surface area contributed by atoms with Crippen LogP contribution < -0.4 is 5.69 Å². The van der Waals surface area contributed by atoms with Crippen LogP contribution in [-0.2, 0) is 6.54 Å². The van der Waals surface area contributed by atoms with Crippen molar-refractivity contribution < 1.29 is 0 Å². The van der Waals surface area contributed by atoms with E-state index in [9.17, 15) is 4.79 Å². The smallest absolute Gasteiger partial charge is 0.291 e. The van der Waals surface area contributed by atoms with Crippen LogP contribution in [0.2, 0.25) is 5.02 Å². The predicted octanol–water partition coefficient (Wildman–Crippen LogP) is 2.93. The third-order valence-electron chi connectivity index (χ3n) is 2.67. The zero-order valence-corrected chi connectivity index (χ0v) is 10.4. The first-order valence-corrected chi connectivity index (χ1v) is 5.78. The standard InChI is InChI=1S/C13H13ClN2O/c1-3-4-5-16-12-9(2)6-11(14)7-10(12)8-15-13(16)17/h3,6-8H,1,4-5H2,2H3. The average Bonchev–Trinajstić information content (AvgIpc) is 2.28. The maximum Gasteiger partial charge on any atom is 0.348 e. The van der Waals surface area contributed by atoms with Gasteiger partial charge in [-0.1, -0.05) is 17.7 Å². The Labute approximate surface area is 104 Å². The minimum atomic E-state index is -0.232. The van der Waals surface area contributed by atoms with Crippen LogP contribution in [0, 0.1) is 6.92 Å². The van der Waals surface area contributed by atoms with Gasteiger partial charge in [-0.25, -0.2) is 9.78 Å². The lowest BCUT2D eigenvalue weighted by molar-refractivity contribution is 0.686. The summed E-state index contributed by atoms with van der Waals surface area (Å²) in [5, 5.41) is 1.55. The second-order valence-electron chi connectivity index (χ2n) is 3.93. The number of aromatic nitrogens is 2. The quantitative estimate of drug-likeness (QED) is 0.783. The van der Waals surface area contributed by atoms with E-state index < -0.39 is 0 Å². The third-order valence-corrected chi connectivity index (χ3v) is 2.88. The highest BCUT2D eigenvalue weighted by atomic mass is 35.5. The van der Waals surface area contributed by atoms with E-state index in [0.717, 1.165) is 22.9 Å². The van der Waals surface area contributed by atoms with E-state index in [4.69, 9.17) is 11.6 Å². The second kappa shape index (κ2) is 4.72. The first-order valence-electron chi connectivity index (χ1n) is 5.40. The van der Waals surface area contributed by atoms with Crippen LogP contribution in [0.1, 0.15) is 12.0 Å². The molecule has 3 nitrogen and oxygen atoms in total. The molecule has 4 heteroatoms. The number of allylic oxidation sites excluding steroid dienone is 1. The molecule has 0 spiro atoms. The highest BCUT2D eigenvalue weighted by Gasteiger charge is 2.07. The van der Waals surface area contributed by atoms with Gasteiger partial charge in [-0.15, -0.1) is 6.58 Å². The second-order valence-corrected chi connectivity index (χ2v) is 4.37. The molecule has 1 aromatic carbocycles. The molecule has 0 amide bonds. The summed E-state index contributed by atoms with van der Waals surface area (Å²) in [6.07, 6.45) is 4.10. The van der Waals surface area contributed by atoms with E-state index in [-0.39, 0.29) is 5.69 Å². The minimum absolute atomic E-state index is 0.232. The van der Waals surface area contributed by atoms with E-state index >= 15 is 0 Å². The monoisotopic (exact) mass is 248 g/mol. The van der Waals surface area contributed by atoms with E-state index in [2.05, 4.69) is 11.6 Å². The lowest BCUT2D eigenvalue weighted by Gasteiger charge is -2.10. The van der Waals surface area contributed by atoms with E-state index in [0.29, 0.717) is 11.6 Å². The first kappa shape index (κ1) is 11.9. The molecule has 0 fully saturated rings. The number of benzene rings is 1. The summed E-state index contributed by atoms with van der Waals surface area (Å²) in [4.78, 5) is 15.6. The number of rotatable bonds is 3. The Morgan fingerprint density at radius 1 is 1.53 bits per heavy atom. The summed E-state index contributed by atoms with van der Waals surface area (Å²) in [6.45, 7) is 6.20. The number of fused-ring (bicyclic) bond motifs is 1. The first-order chi connectivity index (χ1) is 8.13. The van der Waals surface area contributed by atoms with Gasteiger partial charge >= 0.3 is 5.69 Å². The number of hydrogen-bond donors (Lipinski definition) is 0. The Morgan fingerprint density at radius 2 is 2.29 bits per heavy atom. The van der Waals surface area contributed by atoms with Crippen LogP contribution in [0.5, 0.6) is 0 Å². The molecule has 0 saturated carbocycles. The Morgan fingerprint density at radius 3 is 3.00 bits per heavy atom. The van der Waals surface area contributed by atoms with Gasteiger partial charge in [0.25, 0.3) is 0 Å². The molecule has 0 unspecified atom stereocenters. The Balaban J connectivity index is 2.75. The van der Waals surface area contributed by atoms with Crippen molar-refractivity contribution >= 4 is 22.5 Å². The Hall–Kier alpha value is -1.61. The topological polar surface area (TPSA) is 34.9 Å². The van der Waals surface area contributed by atoms with E-state index in [1.807, 2.05) is 19.1 Å². The Bertz CT molecular complexity index is 631. The molecule has 2 aromatic rings. The maximum atomic E-state index is 11.8. The van der Waals surface area contributed by atoms with Gasteiger partial charge in [0, 0.05) is 23.2 Å². The van der Waals surface area contributed by atoms with Crippen LogP contribution in [0.4, 0.5) is 0 Å². The molecule has 0 saturated heterocycles. The summed E-state index contributed by atoms with van der Waals surface area (Å²) < 4.78 is 1.67. The van der Waals surface area contributed by atoms with Gasteiger partial charge in [-0.3, -0.25) is 4.57 Å². The van der Waals surface area contributed by atoms with Gasteiger partial charge in [-0.05, 0) is 31.0 Å². The SMILES string of the molecule is C=CCCn1c(=O)ncc2cc(Cl)cc(C)c21.